The Hall–Kier alpha value is -8.02. The van der Waals surface area contributed by atoms with Crippen LogP contribution in [0.25, 0.3) is 33.4 Å². The molecule has 6 amide bonds. The van der Waals surface area contributed by atoms with E-state index in [0.29, 0.717) is 33.4 Å². The molecule has 0 radical (unpaired) electrons. The van der Waals surface area contributed by atoms with Crippen LogP contribution in [0.15, 0.2) is 146 Å². The first-order valence-electron chi connectivity index (χ1n) is 25.0. The minimum Gasteiger partial charge on any atom is -0.272 e. The molecule has 0 aliphatic carbocycles. The van der Waals surface area contributed by atoms with Gasteiger partial charge in [-0.3, -0.25) is 73.8 Å². The summed E-state index contributed by atoms with van der Waals surface area (Å²) < 4.78 is 33.7. The number of nitrogens with zero attached hydrogens (tertiary/aromatic N) is 6. The van der Waals surface area contributed by atoms with Gasteiger partial charge in [0.25, 0.3) is 50.5 Å². The molecule has 3 fully saturated rings. The summed E-state index contributed by atoms with van der Waals surface area (Å²) in [6.45, 7) is 3.81. The van der Waals surface area contributed by atoms with Crippen molar-refractivity contribution >= 4 is 93.6 Å². The maximum Gasteiger partial charge on any atom is 0.524 e. The number of benzene rings is 6. The quantitative estimate of drug-likeness (QED) is 0.0342. The summed E-state index contributed by atoms with van der Waals surface area (Å²) in [4.78, 5) is 119. The Morgan fingerprint density at radius 3 is 0.807 bits per heavy atom. The van der Waals surface area contributed by atoms with Crippen molar-refractivity contribution in [1.29, 1.82) is 0 Å². The SMILES string of the molecule is CC(NOP(=O)(ONC(C)(C(=O)N1CCSC1=O)c1ccc(-c2ccc([N+](=O)[O-])cc2)cc1)ONC(C)(C(=O)N1CCSC1=O)c1ccc(-c2ccc([N+](=O)[O-])cc2)cc1)(C(=O)N1CCSC1=O)c1ccc(-c2ccc([N+](=O)[O-])cc2)cc1. The molecule has 0 spiro atoms. The van der Waals surface area contributed by atoms with Crippen molar-refractivity contribution in [1.82, 2.24) is 31.1 Å². The first-order chi connectivity index (χ1) is 39.5. The van der Waals surface area contributed by atoms with Gasteiger partial charge in [0.15, 0.2) is 0 Å². The summed E-state index contributed by atoms with van der Waals surface area (Å²) in [6.07, 6.45) is 0. The van der Waals surface area contributed by atoms with Crippen LogP contribution < -0.4 is 16.4 Å². The van der Waals surface area contributed by atoms with E-state index in [9.17, 15) is 59.1 Å². The standard InChI is InChI=1S/C54H48N9O16PS3/c1-52(46(64)58-28-31-81-49(58)67,40-16-4-34(5-17-40)37-10-22-43(23-11-37)61(70)71)55-77-80(76,78-56-53(2,47(65)59-29-32-82-50(59)68)41-18-6-35(7-19-41)38-12-24-44(25-13-38)62(72)73)79-57-54(3,48(66)60-30-33-83-51(60)69)42-20-8-36(9-21-42)39-14-26-45(27-15-39)63(74)75/h4-27,55-57H,28-33H2,1-3H3. The first kappa shape index (κ1) is 59.6. The molecule has 83 heavy (non-hydrogen) atoms. The molecule has 3 saturated heterocycles. The van der Waals surface area contributed by atoms with Gasteiger partial charge in [0.05, 0.1) is 14.8 Å². The van der Waals surface area contributed by atoms with Crippen LogP contribution in [-0.4, -0.2) is 99.8 Å². The Morgan fingerprint density at radius 2 is 0.627 bits per heavy atom. The summed E-state index contributed by atoms with van der Waals surface area (Å²) in [6, 6.07) is 35.5. The lowest BCUT2D eigenvalue weighted by Gasteiger charge is -2.36. The second-order valence-corrected chi connectivity index (χ2v) is 23.8. The number of carbonyl (C=O) groups is 6. The normalized spacial score (nSPS) is 17.3. The van der Waals surface area contributed by atoms with Crippen molar-refractivity contribution in [2.75, 3.05) is 36.9 Å². The molecule has 3 unspecified atom stereocenters. The van der Waals surface area contributed by atoms with Gasteiger partial charge in [-0.2, -0.15) is 30.3 Å². The summed E-state index contributed by atoms with van der Waals surface area (Å²) in [5.74, 6) is -2.01. The van der Waals surface area contributed by atoms with E-state index in [1.807, 2.05) is 0 Å². The number of hydrogen-bond acceptors (Lipinski definition) is 22. The van der Waals surface area contributed by atoms with Crippen molar-refractivity contribution in [3.05, 3.63) is 193 Å². The maximum absolute atomic E-state index is 15.8. The molecule has 0 aromatic heterocycles. The smallest absolute Gasteiger partial charge is 0.272 e. The minimum atomic E-state index is -5.62. The number of hydrogen-bond donors (Lipinski definition) is 3. The van der Waals surface area contributed by atoms with E-state index in [0.717, 1.165) is 50.0 Å². The Morgan fingerprint density at radius 1 is 0.422 bits per heavy atom. The number of imide groups is 3. The van der Waals surface area contributed by atoms with Crippen LogP contribution >= 0.6 is 43.1 Å². The molecular formula is C54H48N9O16PS3. The highest BCUT2D eigenvalue weighted by molar-refractivity contribution is 8.14. The molecule has 0 bridgehead atoms. The number of phosphoric acid groups is 1. The second-order valence-electron chi connectivity index (χ2n) is 19.3. The monoisotopic (exact) mass is 1210 g/mol. The van der Waals surface area contributed by atoms with Gasteiger partial charge in [-0.05, 0) is 107 Å². The van der Waals surface area contributed by atoms with Crippen LogP contribution in [-0.2, 0) is 49.4 Å². The maximum atomic E-state index is 15.8. The molecule has 3 atom stereocenters. The van der Waals surface area contributed by atoms with E-state index in [4.69, 9.17) is 13.9 Å². The highest BCUT2D eigenvalue weighted by Gasteiger charge is 2.50. The lowest BCUT2D eigenvalue weighted by molar-refractivity contribution is -0.385. The predicted molar refractivity (Wildman–Crippen MR) is 307 cm³/mol. The Kier molecular flexibility index (Phi) is 17.5. The van der Waals surface area contributed by atoms with Gasteiger partial charge in [0.2, 0.25) is 0 Å². The van der Waals surface area contributed by atoms with Crippen LogP contribution in [0.5, 0.6) is 0 Å². The molecule has 25 nitrogen and oxygen atoms in total. The van der Waals surface area contributed by atoms with Crippen LogP contribution in [0.2, 0.25) is 0 Å². The van der Waals surface area contributed by atoms with Gasteiger partial charge >= 0.3 is 7.82 Å². The molecule has 3 aliphatic heterocycles. The van der Waals surface area contributed by atoms with Gasteiger partial charge in [0.1, 0.15) is 16.6 Å². The number of thioether (sulfide) groups is 3. The summed E-state index contributed by atoms with van der Waals surface area (Å²) in [5.41, 5.74) is 4.32. The van der Waals surface area contributed by atoms with Gasteiger partial charge in [0, 0.05) is 73.3 Å². The fourth-order valence-electron chi connectivity index (χ4n) is 9.03. The molecule has 6 aromatic rings. The van der Waals surface area contributed by atoms with Crippen molar-refractivity contribution in [3.63, 3.8) is 0 Å². The van der Waals surface area contributed by atoms with Crippen molar-refractivity contribution in [3.8, 4) is 33.4 Å². The van der Waals surface area contributed by atoms with Gasteiger partial charge < -0.3 is 0 Å². The summed E-state index contributed by atoms with van der Waals surface area (Å²) in [7, 11) is -5.62. The fraction of sp³-hybridized carbons (Fsp3) is 0.222. The van der Waals surface area contributed by atoms with Crippen LogP contribution in [0.4, 0.5) is 31.4 Å². The predicted octanol–water partition coefficient (Wildman–Crippen LogP) is 10.2. The fourth-order valence-corrected chi connectivity index (χ4v) is 12.4. The number of amides is 6. The number of nitro groups is 3. The molecule has 29 heteroatoms. The van der Waals surface area contributed by atoms with Crippen molar-refractivity contribution in [2.24, 2.45) is 0 Å². The number of non-ortho nitro benzene ring substituents is 3. The van der Waals surface area contributed by atoms with Crippen molar-refractivity contribution in [2.45, 2.75) is 37.4 Å². The molecule has 3 heterocycles. The van der Waals surface area contributed by atoms with E-state index >= 15 is 4.57 Å². The zero-order chi connectivity index (χ0) is 59.4. The summed E-state index contributed by atoms with van der Waals surface area (Å²) in [5, 5.41) is 32.3. The summed E-state index contributed by atoms with van der Waals surface area (Å²) >= 11 is 2.61. The van der Waals surface area contributed by atoms with Crippen LogP contribution in [0.3, 0.4) is 0 Å². The Labute approximate surface area is 484 Å². The van der Waals surface area contributed by atoms with Crippen LogP contribution in [0, 0.1) is 30.3 Å². The van der Waals surface area contributed by atoms with Crippen LogP contribution in [0.1, 0.15) is 37.5 Å². The molecule has 9 rings (SSSR count). The number of hydroxylamine groups is 3. The number of nitrogens with one attached hydrogen (secondary N) is 3. The van der Waals surface area contributed by atoms with Gasteiger partial charge in [-0.25, -0.2) is 4.57 Å². The third kappa shape index (κ3) is 12.5. The van der Waals surface area contributed by atoms with E-state index < -0.39 is 72.6 Å². The lowest BCUT2D eigenvalue weighted by atomic mass is 9.90. The molecular weight excluding hydrogens is 1160 g/mol. The number of carbonyl (C=O) groups excluding carboxylic acids is 6. The molecule has 0 saturated carbocycles. The van der Waals surface area contributed by atoms with E-state index in [-0.39, 0.29) is 70.6 Å². The van der Waals surface area contributed by atoms with Gasteiger partial charge in [-0.15, -0.1) is 0 Å². The van der Waals surface area contributed by atoms with E-state index in [1.54, 1.807) is 36.4 Å². The average molecular weight is 1210 g/mol. The topological polar surface area (TPSA) is 322 Å². The first-order valence-corrected chi connectivity index (χ1v) is 29.4. The van der Waals surface area contributed by atoms with E-state index in [2.05, 4.69) is 16.4 Å². The Bertz CT molecular complexity index is 3240. The molecule has 428 valence electrons. The Balaban J connectivity index is 1.11. The largest absolute Gasteiger partial charge is 0.524 e. The third-order valence-corrected chi connectivity index (χ3v) is 17.5. The zero-order valence-corrected chi connectivity index (χ0v) is 47.3. The highest BCUT2D eigenvalue weighted by atomic mass is 32.2. The lowest BCUT2D eigenvalue weighted by Crippen LogP contribution is -2.56. The molecule has 3 N–H and O–H groups in total. The van der Waals surface area contributed by atoms with E-state index in [1.165, 1.54) is 130 Å². The molecule has 3 aliphatic rings. The highest BCUT2D eigenvalue weighted by Crippen LogP contribution is 2.50. The second kappa shape index (κ2) is 24.4. The molecule has 6 aromatic carbocycles. The number of rotatable bonds is 21. The van der Waals surface area contributed by atoms with Crippen molar-refractivity contribution < 1.29 is 62.0 Å². The van der Waals surface area contributed by atoms with Gasteiger partial charge in [-0.1, -0.05) is 108 Å². The zero-order valence-electron chi connectivity index (χ0n) is 44.0. The average Bonchev–Trinajstić information content (AvgIpc) is 4.11. The minimum absolute atomic E-state index is 0.0395. The third-order valence-electron chi connectivity index (χ3n) is 14.0. The number of nitro benzene ring substituents is 3.